The van der Waals surface area contributed by atoms with Crippen LogP contribution in [0.2, 0.25) is 5.02 Å². The molecule has 1 aliphatic rings. The molecule has 8 heteroatoms. The normalized spacial score (nSPS) is 16.3. The first-order chi connectivity index (χ1) is 13.7. The third-order valence-electron chi connectivity index (χ3n) is 4.72. The maximum atomic E-state index is 12.7. The molecule has 0 radical (unpaired) electrons. The first-order valence-electron chi connectivity index (χ1n) is 9.19. The Balaban J connectivity index is 1.39. The molecule has 0 aliphatic carbocycles. The minimum Gasteiger partial charge on any atom is -0.350 e. The van der Waals surface area contributed by atoms with E-state index in [2.05, 4.69) is 24.6 Å². The number of hydrogen-bond acceptors (Lipinski definition) is 6. The highest BCUT2D eigenvalue weighted by Gasteiger charge is 2.32. The van der Waals surface area contributed by atoms with Crippen molar-refractivity contribution in [3.05, 3.63) is 70.8 Å². The highest BCUT2D eigenvalue weighted by Crippen LogP contribution is 2.28. The predicted molar refractivity (Wildman–Crippen MR) is 111 cm³/mol. The van der Waals surface area contributed by atoms with E-state index in [1.807, 2.05) is 36.4 Å². The molecule has 3 heterocycles. The lowest BCUT2D eigenvalue weighted by molar-refractivity contribution is -0.122. The van der Waals surface area contributed by atoms with E-state index >= 15 is 0 Å². The van der Waals surface area contributed by atoms with Crippen LogP contribution in [0.1, 0.15) is 29.8 Å². The second kappa shape index (κ2) is 8.67. The lowest BCUT2D eigenvalue weighted by Gasteiger charge is -2.22. The molecule has 3 aromatic rings. The summed E-state index contributed by atoms with van der Waals surface area (Å²) in [6, 6.07) is 11.3. The van der Waals surface area contributed by atoms with Crippen LogP contribution in [-0.4, -0.2) is 32.8 Å². The molecule has 1 aliphatic heterocycles. The van der Waals surface area contributed by atoms with Gasteiger partial charge in [-0.05, 0) is 42.2 Å². The van der Waals surface area contributed by atoms with E-state index < -0.39 is 0 Å². The molecule has 1 amide bonds. The van der Waals surface area contributed by atoms with Crippen molar-refractivity contribution in [2.24, 2.45) is 0 Å². The van der Waals surface area contributed by atoms with Crippen LogP contribution < -0.4 is 10.2 Å². The molecule has 6 nitrogen and oxygen atoms in total. The van der Waals surface area contributed by atoms with Gasteiger partial charge in [-0.3, -0.25) is 9.78 Å². The topological polar surface area (TPSA) is 71.0 Å². The fraction of sp³-hybridized carbons (Fsp3) is 0.300. The predicted octanol–water partition coefficient (Wildman–Crippen LogP) is 3.46. The largest absolute Gasteiger partial charge is 0.350 e. The zero-order valence-electron chi connectivity index (χ0n) is 15.2. The van der Waals surface area contributed by atoms with Gasteiger partial charge in [-0.15, -0.1) is 0 Å². The Morgan fingerprint density at radius 2 is 2.11 bits per heavy atom. The maximum absolute atomic E-state index is 12.7. The SMILES string of the molecule is O=C(NCc1cccnc1)C1CCCN1c1nc(Cc2ccc(Cl)cc2)ns1. The van der Waals surface area contributed by atoms with Crippen molar-refractivity contribution in [2.75, 3.05) is 11.4 Å². The minimum atomic E-state index is -0.201. The van der Waals surface area contributed by atoms with E-state index in [1.54, 1.807) is 12.4 Å². The van der Waals surface area contributed by atoms with Crippen molar-refractivity contribution >= 4 is 34.2 Å². The van der Waals surface area contributed by atoms with Gasteiger partial charge in [0.1, 0.15) is 11.9 Å². The minimum absolute atomic E-state index is 0.0239. The second-order valence-corrected chi connectivity index (χ2v) is 7.89. The zero-order valence-corrected chi connectivity index (χ0v) is 16.8. The number of benzene rings is 1. The van der Waals surface area contributed by atoms with E-state index in [9.17, 15) is 4.79 Å². The molecule has 1 aromatic carbocycles. The number of aromatic nitrogens is 3. The monoisotopic (exact) mass is 413 g/mol. The summed E-state index contributed by atoms with van der Waals surface area (Å²) in [6.07, 6.45) is 5.93. The lowest BCUT2D eigenvalue weighted by atomic mass is 10.1. The van der Waals surface area contributed by atoms with Crippen LogP contribution in [0, 0.1) is 0 Å². The van der Waals surface area contributed by atoms with Gasteiger partial charge in [-0.1, -0.05) is 29.8 Å². The summed E-state index contributed by atoms with van der Waals surface area (Å²) in [5, 5.41) is 4.54. The summed E-state index contributed by atoms with van der Waals surface area (Å²) in [5.74, 6) is 0.791. The number of rotatable bonds is 6. The standard InChI is InChI=1S/C20H20ClN5OS/c21-16-7-5-14(6-8-16)11-18-24-20(28-25-18)26-10-2-4-17(26)19(27)23-13-15-3-1-9-22-12-15/h1,3,5-9,12,17H,2,4,10-11,13H2,(H,23,27). The van der Waals surface area contributed by atoms with Gasteiger partial charge in [-0.25, -0.2) is 4.98 Å². The van der Waals surface area contributed by atoms with Gasteiger partial charge in [0.05, 0.1) is 0 Å². The van der Waals surface area contributed by atoms with Gasteiger partial charge in [0, 0.05) is 48.5 Å². The van der Waals surface area contributed by atoms with Gasteiger partial charge in [-0.2, -0.15) is 4.37 Å². The summed E-state index contributed by atoms with van der Waals surface area (Å²) in [6.45, 7) is 1.30. The van der Waals surface area contributed by atoms with Gasteiger partial charge >= 0.3 is 0 Å². The molecule has 1 saturated heterocycles. The fourth-order valence-electron chi connectivity index (χ4n) is 3.30. The van der Waals surface area contributed by atoms with Crippen molar-refractivity contribution < 1.29 is 4.79 Å². The van der Waals surface area contributed by atoms with Crippen LogP contribution in [0.3, 0.4) is 0 Å². The van der Waals surface area contributed by atoms with E-state index in [-0.39, 0.29) is 11.9 Å². The maximum Gasteiger partial charge on any atom is 0.243 e. The smallest absolute Gasteiger partial charge is 0.243 e. The number of nitrogens with one attached hydrogen (secondary N) is 1. The highest BCUT2D eigenvalue weighted by molar-refractivity contribution is 7.09. The van der Waals surface area contributed by atoms with E-state index in [4.69, 9.17) is 11.6 Å². The zero-order chi connectivity index (χ0) is 19.3. The van der Waals surface area contributed by atoms with Gasteiger partial charge in [0.15, 0.2) is 0 Å². The van der Waals surface area contributed by atoms with Crippen molar-refractivity contribution in [1.29, 1.82) is 0 Å². The van der Waals surface area contributed by atoms with E-state index in [0.29, 0.717) is 18.0 Å². The van der Waals surface area contributed by atoms with Gasteiger partial charge < -0.3 is 10.2 Å². The third-order valence-corrected chi connectivity index (χ3v) is 5.77. The quantitative estimate of drug-likeness (QED) is 0.670. The molecular weight excluding hydrogens is 394 g/mol. The number of carbonyl (C=O) groups excluding carboxylic acids is 1. The Morgan fingerprint density at radius 3 is 2.89 bits per heavy atom. The molecule has 1 fully saturated rings. The summed E-state index contributed by atoms with van der Waals surface area (Å²) in [5.41, 5.74) is 2.10. The van der Waals surface area contributed by atoms with Gasteiger partial charge in [0.2, 0.25) is 11.0 Å². The number of anilines is 1. The average Bonchev–Trinajstić information content (AvgIpc) is 3.38. The summed E-state index contributed by atoms with van der Waals surface area (Å²) in [4.78, 5) is 23.5. The second-order valence-electron chi connectivity index (χ2n) is 6.73. The van der Waals surface area contributed by atoms with Crippen LogP contribution in [0.25, 0.3) is 0 Å². The van der Waals surface area contributed by atoms with Crippen LogP contribution in [0.5, 0.6) is 0 Å². The Hall–Kier alpha value is -2.51. The van der Waals surface area contributed by atoms with Crippen molar-refractivity contribution in [2.45, 2.75) is 31.8 Å². The average molecular weight is 414 g/mol. The number of nitrogens with zero attached hydrogens (tertiary/aromatic N) is 4. The molecule has 1 N–H and O–H groups in total. The molecule has 28 heavy (non-hydrogen) atoms. The fourth-order valence-corrected chi connectivity index (χ4v) is 4.18. The van der Waals surface area contributed by atoms with Crippen molar-refractivity contribution in [1.82, 2.24) is 19.7 Å². The first kappa shape index (κ1) is 18.8. The molecule has 4 rings (SSSR count). The molecule has 0 saturated carbocycles. The number of amides is 1. The molecular formula is C20H20ClN5OS. The Kier molecular flexibility index (Phi) is 5.83. The van der Waals surface area contributed by atoms with Crippen molar-refractivity contribution in [3.8, 4) is 0 Å². The van der Waals surface area contributed by atoms with Crippen LogP contribution in [-0.2, 0) is 17.8 Å². The molecule has 0 bridgehead atoms. The van der Waals surface area contributed by atoms with Crippen LogP contribution >= 0.6 is 23.1 Å². The van der Waals surface area contributed by atoms with Gasteiger partial charge in [0.25, 0.3) is 0 Å². The highest BCUT2D eigenvalue weighted by atomic mass is 35.5. The molecule has 2 aromatic heterocycles. The lowest BCUT2D eigenvalue weighted by Crippen LogP contribution is -2.43. The Morgan fingerprint density at radius 1 is 1.25 bits per heavy atom. The number of hydrogen-bond donors (Lipinski definition) is 1. The number of carbonyl (C=O) groups is 1. The summed E-state index contributed by atoms with van der Waals surface area (Å²) >= 11 is 7.29. The van der Waals surface area contributed by atoms with Crippen LogP contribution in [0.4, 0.5) is 5.13 Å². The third kappa shape index (κ3) is 4.48. The number of pyridine rings is 1. The van der Waals surface area contributed by atoms with E-state index in [0.717, 1.165) is 41.5 Å². The van der Waals surface area contributed by atoms with Crippen LogP contribution in [0.15, 0.2) is 48.8 Å². The molecule has 1 atom stereocenters. The Bertz CT molecular complexity index is 931. The number of halogens is 1. The van der Waals surface area contributed by atoms with E-state index in [1.165, 1.54) is 11.5 Å². The molecule has 1 unspecified atom stereocenters. The summed E-state index contributed by atoms with van der Waals surface area (Å²) in [7, 11) is 0. The summed E-state index contributed by atoms with van der Waals surface area (Å²) < 4.78 is 4.48. The Labute approximate surface area is 172 Å². The molecule has 144 valence electrons. The first-order valence-corrected chi connectivity index (χ1v) is 10.3. The molecule has 0 spiro atoms. The van der Waals surface area contributed by atoms with Crippen molar-refractivity contribution in [3.63, 3.8) is 0 Å².